The maximum absolute atomic E-state index is 13.1. The third-order valence-corrected chi connectivity index (χ3v) is 5.92. The summed E-state index contributed by atoms with van der Waals surface area (Å²) in [4.78, 5) is 23.4. The first kappa shape index (κ1) is 22.6. The zero-order chi connectivity index (χ0) is 22.8. The summed E-state index contributed by atoms with van der Waals surface area (Å²) in [6.07, 6.45) is 0.242. The van der Waals surface area contributed by atoms with Crippen LogP contribution in [0.25, 0.3) is 21.7 Å². The Morgan fingerprint density at radius 1 is 1.16 bits per heavy atom. The summed E-state index contributed by atoms with van der Waals surface area (Å²) in [5.74, 6) is 0.0840. The molecule has 0 fully saturated rings. The number of thiazole rings is 1. The molecule has 3 aromatic heterocycles. The molecule has 0 saturated carbocycles. The van der Waals surface area contributed by atoms with Crippen LogP contribution in [0.4, 0.5) is 23.8 Å². The van der Waals surface area contributed by atoms with Crippen LogP contribution in [-0.2, 0) is 16.0 Å². The number of sulfone groups is 1. The molecule has 0 spiro atoms. The molecule has 8 nitrogen and oxygen atoms in total. The van der Waals surface area contributed by atoms with Crippen LogP contribution in [0.1, 0.15) is 12.6 Å². The fourth-order valence-corrected chi connectivity index (χ4v) is 4.00. The minimum Gasteiger partial charge on any atom is -0.338 e. The van der Waals surface area contributed by atoms with Gasteiger partial charge in [-0.25, -0.2) is 23.2 Å². The zero-order valence-corrected chi connectivity index (χ0v) is 17.8. The van der Waals surface area contributed by atoms with Gasteiger partial charge in [-0.1, -0.05) is 0 Å². The predicted molar refractivity (Wildman–Crippen MR) is 109 cm³/mol. The fraction of sp³-hybridized carbons (Fsp3) is 0.222. The van der Waals surface area contributed by atoms with Gasteiger partial charge in [0, 0.05) is 53.5 Å². The third kappa shape index (κ3) is 5.35. The maximum atomic E-state index is 13.1. The van der Waals surface area contributed by atoms with Gasteiger partial charge < -0.3 is 5.32 Å². The van der Waals surface area contributed by atoms with Gasteiger partial charge in [0.1, 0.15) is 10.8 Å². The van der Waals surface area contributed by atoms with Gasteiger partial charge in [0.25, 0.3) is 0 Å². The molecule has 3 rings (SSSR count). The molecule has 0 unspecified atom stereocenters. The standard InChI is InChI=1S/C18H16F3N5O3S2/c1-3-23-17(27)26-15-5-12(16-25-14(9-30-16)18(19,20)21)13(8-24-15)10-4-11(7-22-6-10)31(2,28)29/h4-9H,3H2,1-2H3,(H2,23,24,26,27). The second-order valence-corrected chi connectivity index (χ2v) is 9.19. The van der Waals surface area contributed by atoms with Gasteiger partial charge in [-0.2, -0.15) is 13.2 Å². The van der Waals surface area contributed by atoms with Gasteiger partial charge in [0.05, 0.1) is 4.90 Å². The van der Waals surface area contributed by atoms with Gasteiger partial charge in [0.2, 0.25) is 0 Å². The van der Waals surface area contributed by atoms with Crippen LogP contribution in [-0.4, -0.2) is 42.2 Å². The highest BCUT2D eigenvalue weighted by atomic mass is 32.2. The normalized spacial score (nSPS) is 11.9. The van der Waals surface area contributed by atoms with Crippen LogP contribution in [0, 0.1) is 0 Å². The Morgan fingerprint density at radius 3 is 2.52 bits per heavy atom. The Morgan fingerprint density at radius 2 is 1.90 bits per heavy atom. The largest absolute Gasteiger partial charge is 0.434 e. The third-order valence-electron chi connectivity index (χ3n) is 3.96. The number of anilines is 1. The highest BCUT2D eigenvalue weighted by molar-refractivity contribution is 7.90. The first-order chi connectivity index (χ1) is 14.5. The van der Waals surface area contributed by atoms with Gasteiger partial charge in [0.15, 0.2) is 15.5 Å². The molecule has 2 amide bonds. The summed E-state index contributed by atoms with van der Waals surface area (Å²) in [6, 6.07) is 2.18. The number of carbonyl (C=O) groups is 1. The first-order valence-electron chi connectivity index (χ1n) is 8.72. The molecular weight excluding hydrogens is 455 g/mol. The molecule has 2 N–H and O–H groups in total. The number of rotatable bonds is 5. The fourth-order valence-electron chi connectivity index (χ4n) is 2.55. The summed E-state index contributed by atoms with van der Waals surface area (Å²) >= 11 is 0.760. The smallest absolute Gasteiger partial charge is 0.338 e. The van der Waals surface area contributed by atoms with E-state index in [4.69, 9.17) is 0 Å². The van der Waals surface area contributed by atoms with E-state index >= 15 is 0 Å². The molecule has 0 aliphatic carbocycles. The summed E-state index contributed by atoms with van der Waals surface area (Å²) in [5.41, 5.74) is -0.201. The number of pyridine rings is 2. The minimum absolute atomic E-state index is 0.0217. The average Bonchev–Trinajstić information content (AvgIpc) is 3.18. The van der Waals surface area contributed by atoms with E-state index in [9.17, 15) is 26.4 Å². The van der Waals surface area contributed by atoms with Crippen molar-refractivity contribution in [2.24, 2.45) is 0 Å². The zero-order valence-electron chi connectivity index (χ0n) is 16.2. The Labute approximate surface area is 179 Å². The Bertz CT molecular complexity index is 1230. The molecule has 13 heteroatoms. The Balaban J connectivity index is 2.15. The summed E-state index contributed by atoms with van der Waals surface area (Å²) in [7, 11) is -3.57. The highest BCUT2D eigenvalue weighted by Gasteiger charge is 2.34. The average molecular weight is 471 g/mol. The molecule has 0 saturated heterocycles. The van der Waals surface area contributed by atoms with Crippen LogP contribution >= 0.6 is 11.3 Å². The molecule has 0 radical (unpaired) electrons. The van der Waals surface area contributed by atoms with Gasteiger partial charge >= 0.3 is 12.2 Å². The summed E-state index contributed by atoms with van der Waals surface area (Å²) in [5, 5.41) is 5.90. The quantitative estimate of drug-likeness (QED) is 0.585. The number of urea groups is 1. The lowest BCUT2D eigenvalue weighted by molar-refractivity contribution is -0.140. The molecular formula is C18H16F3N5O3S2. The number of nitrogens with one attached hydrogen (secondary N) is 2. The number of amides is 2. The number of alkyl halides is 3. The number of aromatic nitrogens is 3. The van der Waals surface area contributed by atoms with Crippen molar-refractivity contribution in [2.75, 3.05) is 18.1 Å². The van der Waals surface area contributed by atoms with Crippen molar-refractivity contribution in [2.45, 2.75) is 18.0 Å². The van der Waals surface area contributed by atoms with Crippen LogP contribution < -0.4 is 10.6 Å². The monoisotopic (exact) mass is 471 g/mol. The van der Waals surface area contributed by atoms with Gasteiger partial charge in [-0.15, -0.1) is 11.3 Å². The van der Waals surface area contributed by atoms with Gasteiger partial charge in [-0.05, 0) is 19.1 Å². The predicted octanol–water partition coefficient (Wildman–Crippen LogP) is 3.83. The topological polar surface area (TPSA) is 114 Å². The molecule has 3 heterocycles. The van der Waals surface area contributed by atoms with Crippen molar-refractivity contribution in [1.29, 1.82) is 0 Å². The van der Waals surface area contributed by atoms with E-state index in [2.05, 4.69) is 25.6 Å². The number of halogens is 3. The molecule has 0 aromatic carbocycles. The van der Waals surface area contributed by atoms with Crippen molar-refractivity contribution < 1.29 is 26.4 Å². The molecule has 164 valence electrons. The van der Waals surface area contributed by atoms with E-state index in [1.54, 1.807) is 6.92 Å². The molecule has 31 heavy (non-hydrogen) atoms. The SMILES string of the molecule is CCNC(=O)Nc1cc(-c2nc(C(F)(F)F)cs2)c(-c2cncc(S(C)(=O)=O)c2)cn1. The highest BCUT2D eigenvalue weighted by Crippen LogP contribution is 2.38. The Kier molecular flexibility index (Phi) is 6.27. The van der Waals surface area contributed by atoms with Crippen LogP contribution in [0.2, 0.25) is 0 Å². The second kappa shape index (κ2) is 8.59. The van der Waals surface area contributed by atoms with Crippen molar-refractivity contribution in [1.82, 2.24) is 20.3 Å². The molecule has 0 aliphatic heterocycles. The number of carbonyl (C=O) groups excluding carboxylic acids is 1. The number of hydrogen-bond donors (Lipinski definition) is 2. The Hall–Kier alpha value is -3.06. The van der Waals surface area contributed by atoms with Gasteiger partial charge in [-0.3, -0.25) is 10.3 Å². The molecule has 3 aromatic rings. The molecule has 0 aliphatic rings. The lowest BCUT2D eigenvalue weighted by atomic mass is 10.0. The van der Waals surface area contributed by atoms with Crippen LogP contribution in [0.3, 0.4) is 0 Å². The molecule has 0 bridgehead atoms. The van der Waals surface area contributed by atoms with Crippen molar-refractivity contribution in [3.63, 3.8) is 0 Å². The number of hydrogen-bond acceptors (Lipinski definition) is 7. The van der Waals surface area contributed by atoms with Crippen LogP contribution in [0.5, 0.6) is 0 Å². The van der Waals surface area contributed by atoms with E-state index in [-0.39, 0.29) is 21.3 Å². The van der Waals surface area contributed by atoms with E-state index in [1.165, 1.54) is 30.7 Å². The van der Waals surface area contributed by atoms with Crippen molar-refractivity contribution in [3.05, 3.63) is 41.8 Å². The molecule has 0 atom stereocenters. The van der Waals surface area contributed by atoms with Crippen LogP contribution in [0.15, 0.2) is 41.0 Å². The minimum atomic E-state index is -4.62. The summed E-state index contributed by atoms with van der Waals surface area (Å²) < 4.78 is 62.9. The van der Waals surface area contributed by atoms with Crippen molar-refractivity contribution >= 4 is 33.0 Å². The van der Waals surface area contributed by atoms with E-state index in [0.29, 0.717) is 17.7 Å². The maximum Gasteiger partial charge on any atom is 0.434 e. The summed E-state index contributed by atoms with van der Waals surface area (Å²) in [6.45, 7) is 2.08. The van der Waals surface area contributed by atoms with Crippen molar-refractivity contribution in [3.8, 4) is 21.7 Å². The van der Waals surface area contributed by atoms with E-state index < -0.39 is 27.7 Å². The lowest BCUT2D eigenvalue weighted by Gasteiger charge is -2.11. The van der Waals surface area contributed by atoms with E-state index in [1.807, 2.05) is 0 Å². The number of nitrogens with zero attached hydrogens (tertiary/aromatic N) is 3. The van der Waals surface area contributed by atoms with E-state index in [0.717, 1.165) is 23.0 Å². The lowest BCUT2D eigenvalue weighted by Crippen LogP contribution is -2.28. The first-order valence-corrected chi connectivity index (χ1v) is 11.5. The second-order valence-electron chi connectivity index (χ2n) is 6.32.